The second kappa shape index (κ2) is 5.79. The summed E-state index contributed by atoms with van der Waals surface area (Å²) in [7, 11) is 0. The van der Waals surface area contributed by atoms with Crippen LogP contribution in [0.4, 0.5) is 4.39 Å². The molecule has 0 aliphatic rings. The van der Waals surface area contributed by atoms with Crippen molar-refractivity contribution >= 4 is 33.2 Å². The number of nitrogens with one attached hydrogen (secondary N) is 1. The van der Waals surface area contributed by atoms with E-state index in [1.54, 1.807) is 18.3 Å². The molecule has 2 rings (SSSR count). The number of hydrogen-bond donors (Lipinski definition) is 1. The fraction of sp³-hybridized carbons (Fsp3) is 0.231. The Morgan fingerprint density at radius 2 is 2.26 bits per heavy atom. The van der Waals surface area contributed by atoms with Gasteiger partial charge in [-0.05, 0) is 41.9 Å². The zero-order chi connectivity index (χ0) is 14.0. The van der Waals surface area contributed by atoms with E-state index in [0.717, 1.165) is 9.88 Å². The number of hydrogen-bond acceptors (Lipinski definition) is 3. The molecule has 2 aromatic rings. The summed E-state index contributed by atoms with van der Waals surface area (Å²) in [5.41, 5.74) is 0.0163. The number of nitrogens with zero attached hydrogens (tertiary/aromatic N) is 1. The molecule has 1 unspecified atom stereocenters. The summed E-state index contributed by atoms with van der Waals surface area (Å²) < 4.78 is 14.1. The number of halogens is 2. The minimum atomic E-state index is -0.547. The zero-order valence-corrected chi connectivity index (χ0v) is 12.8. The van der Waals surface area contributed by atoms with Crippen molar-refractivity contribution in [3.8, 4) is 0 Å². The van der Waals surface area contributed by atoms with E-state index >= 15 is 0 Å². The fourth-order valence-corrected chi connectivity index (χ4v) is 2.92. The molecule has 1 amide bonds. The quantitative estimate of drug-likeness (QED) is 0.920. The van der Waals surface area contributed by atoms with Crippen molar-refractivity contribution in [3.05, 3.63) is 50.1 Å². The van der Waals surface area contributed by atoms with E-state index in [2.05, 4.69) is 26.2 Å². The largest absolute Gasteiger partial charge is 0.343 e. The summed E-state index contributed by atoms with van der Waals surface area (Å²) in [5.74, 6) is -1.00. The topological polar surface area (TPSA) is 42.0 Å². The minimum Gasteiger partial charge on any atom is -0.343 e. The molecule has 0 aliphatic heterocycles. The van der Waals surface area contributed by atoms with Gasteiger partial charge in [0.25, 0.3) is 5.91 Å². The summed E-state index contributed by atoms with van der Waals surface area (Å²) in [5, 5.41) is 3.55. The van der Waals surface area contributed by atoms with E-state index in [1.165, 1.54) is 17.4 Å². The summed E-state index contributed by atoms with van der Waals surface area (Å²) in [6.45, 7) is 3.77. The number of aromatic nitrogens is 1. The van der Waals surface area contributed by atoms with E-state index in [4.69, 9.17) is 0 Å². The first-order chi connectivity index (χ1) is 8.99. The SMILES string of the molecule is Cc1cnc(C(C)NC(=O)c2c(F)cccc2Br)s1. The summed E-state index contributed by atoms with van der Waals surface area (Å²) >= 11 is 4.69. The van der Waals surface area contributed by atoms with Crippen LogP contribution in [0.15, 0.2) is 28.9 Å². The van der Waals surface area contributed by atoms with E-state index < -0.39 is 11.7 Å². The number of thiazole rings is 1. The third kappa shape index (κ3) is 3.19. The van der Waals surface area contributed by atoms with Crippen LogP contribution < -0.4 is 5.32 Å². The Morgan fingerprint density at radius 3 is 2.84 bits per heavy atom. The van der Waals surface area contributed by atoms with Crippen molar-refractivity contribution in [2.24, 2.45) is 0 Å². The second-order valence-corrected chi connectivity index (χ2v) is 6.22. The van der Waals surface area contributed by atoms with Crippen LogP contribution in [0.5, 0.6) is 0 Å². The molecular weight excluding hydrogens is 331 g/mol. The second-order valence-electron chi connectivity index (χ2n) is 4.10. The van der Waals surface area contributed by atoms with Gasteiger partial charge in [-0.1, -0.05) is 6.07 Å². The zero-order valence-electron chi connectivity index (χ0n) is 10.4. The number of carbonyl (C=O) groups excluding carboxylic acids is 1. The molecule has 1 heterocycles. The lowest BCUT2D eigenvalue weighted by Crippen LogP contribution is -2.27. The first-order valence-electron chi connectivity index (χ1n) is 5.66. The molecule has 0 spiro atoms. The van der Waals surface area contributed by atoms with Crippen LogP contribution in [0.1, 0.15) is 33.2 Å². The van der Waals surface area contributed by atoms with Gasteiger partial charge in [-0.15, -0.1) is 11.3 Å². The molecule has 6 heteroatoms. The Bertz CT molecular complexity index is 594. The Balaban J connectivity index is 2.17. The molecule has 1 N–H and O–H groups in total. The molecule has 100 valence electrons. The highest BCUT2D eigenvalue weighted by molar-refractivity contribution is 9.10. The van der Waals surface area contributed by atoms with E-state index in [-0.39, 0.29) is 11.6 Å². The number of amides is 1. The molecule has 0 aliphatic carbocycles. The predicted octanol–water partition coefficient (Wildman–Crippen LogP) is 3.84. The highest BCUT2D eigenvalue weighted by Crippen LogP contribution is 2.22. The molecule has 0 radical (unpaired) electrons. The molecule has 1 aromatic carbocycles. The smallest absolute Gasteiger partial charge is 0.255 e. The maximum Gasteiger partial charge on any atom is 0.255 e. The van der Waals surface area contributed by atoms with Gasteiger partial charge in [0, 0.05) is 15.5 Å². The number of benzene rings is 1. The third-order valence-electron chi connectivity index (χ3n) is 2.55. The highest BCUT2D eigenvalue weighted by Gasteiger charge is 2.19. The third-order valence-corrected chi connectivity index (χ3v) is 4.30. The number of carbonyl (C=O) groups is 1. The lowest BCUT2D eigenvalue weighted by molar-refractivity contribution is 0.0935. The van der Waals surface area contributed by atoms with Crippen molar-refractivity contribution in [2.45, 2.75) is 19.9 Å². The maximum absolute atomic E-state index is 13.7. The lowest BCUT2D eigenvalue weighted by Gasteiger charge is -2.12. The Hall–Kier alpha value is -1.27. The van der Waals surface area contributed by atoms with Gasteiger partial charge < -0.3 is 5.32 Å². The van der Waals surface area contributed by atoms with Gasteiger partial charge in [0.05, 0.1) is 11.6 Å². The van der Waals surface area contributed by atoms with Gasteiger partial charge in [-0.3, -0.25) is 4.79 Å². The van der Waals surface area contributed by atoms with Gasteiger partial charge in [-0.25, -0.2) is 9.37 Å². The van der Waals surface area contributed by atoms with E-state index in [1.807, 2.05) is 13.8 Å². The van der Waals surface area contributed by atoms with Crippen molar-refractivity contribution in [2.75, 3.05) is 0 Å². The van der Waals surface area contributed by atoms with Gasteiger partial charge in [0.15, 0.2) is 0 Å². The molecule has 0 saturated carbocycles. The molecular formula is C13H12BrFN2OS. The fourth-order valence-electron chi connectivity index (χ4n) is 1.62. The van der Waals surface area contributed by atoms with Crippen LogP contribution in [0.3, 0.4) is 0 Å². The van der Waals surface area contributed by atoms with Crippen molar-refractivity contribution in [1.82, 2.24) is 10.3 Å². The first-order valence-corrected chi connectivity index (χ1v) is 7.27. The Kier molecular flexibility index (Phi) is 4.31. The average molecular weight is 343 g/mol. The predicted molar refractivity (Wildman–Crippen MR) is 76.8 cm³/mol. The molecule has 0 fully saturated rings. The molecule has 19 heavy (non-hydrogen) atoms. The van der Waals surface area contributed by atoms with Gasteiger partial charge in [0.2, 0.25) is 0 Å². The van der Waals surface area contributed by atoms with E-state index in [9.17, 15) is 9.18 Å². The molecule has 1 atom stereocenters. The first kappa shape index (κ1) is 14.1. The standard InChI is InChI=1S/C13H12BrFN2OS/c1-7-6-16-13(19-7)8(2)17-12(18)11-9(14)4-3-5-10(11)15/h3-6,8H,1-2H3,(H,17,18). The average Bonchev–Trinajstić information content (AvgIpc) is 2.75. The molecule has 0 saturated heterocycles. The van der Waals surface area contributed by atoms with Crippen molar-refractivity contribution in [3.63, 3.8) is 0 Å². The van der Waals surface area contributed by atoms with Crippen molar-refractivity contribution < 1.29 is 9.18 Å². The van der Waals surface area contributed by atoms with Crippen LogP contribution in [-0.2, 0) is 0 Å². The van der Waals surface area contributed by atoms with Gasteiger partial charge in [-0.2, -0.15) is 0 Å². The van der Waals surface area contributed by atoms with Crippen molar-refractivity contribution in [1.29, 1.82) is 0 Å². The van der Waals surface area contributed by atoms with Gasteiger partial charge >= 0.3 is 0 Å². The lowest BCUT2D eigenvalue weighted by atomic mass is 10.2. The maximum atomic E-state index is 13.7. The van der Waals surface area contributed by atoms with Crippen LogP contribution >= 0.6 is 27.3 Å². The minimum absolute atomic E-state index is 0.0163. The monoisotopic (exact) mass is 342 g/mol. The molecule has 3 nitrogen and oxygen atoms in total. The number of aryl methyl sites for hydroxylation is 1. The summed E-state index contributed by atoms with van der Waals surface area (Å²) in [6.07, 6.45) is 1.75. The Labute approximate surface area is 123 Å². The highest BCUT2D eigenvalue weighted by atomic mass is 79.9. The van der Waals surface area contributed by atoms with Gasteiger partial charge in [0.1, 0.15) is 10.8 Å². The van der Waals surface area contributed by atoms with Crippen LogP contribution in [-0.4, -0.2) is 10.9 Å². The van der Waals surface area contributed by atoms with Crippen LogP contribution in [0.25, 0.3) is 0 Å². The Morgan fingerprint density at radius 1 is 1.53 bits per heavy atom. The van der Waals surface area contributed by atoms with E-state index in [0.29, 0.717) is 4.47 Å². The normalized spacial score (nSPS) is 12.2. The number of rotatable bonds is 3. The van der Waals surface area contributed by atoms with Crippen LogP contribution in [0, 0.1) is 12.7 Å². The summed E-state index contributed by atoms with van der Waals surface area (Å²) in [6, 6.07) is 4.19. The molecule has 0 bridgehead atoms. The summed E-state index contributed by atoms with van der Waals surface area (Å²) in [4.78, 5) is 17.4. The van der Waals surface area contributed by atoms with Crippen LogP contribution in [0.2, 0.25) is 0 Å². The molecule has 1 aromatic heterocycles.